The SMILES string of the molecule is [CH2]CCOPOC. The van der Waals surface area contributed by atoms with Crippen molar-refractivity contribution in [3.8, 4) is 0 Å². The Bertz CT molecular complexity index is 28.9. The predicted octanol–water partition coefficient (Wildman–Crippen LogP) is 1.38. The molecule has 0 aliphatic carbocycles. The molecule has 0 aromatic heterocycles. The van der Waals surface area contributed by atoms with Crippen molar-refractivity contribution in [3.63, 3.8) is 0 Å². The summed E-state index contributed by atoms with van der Waals surface area (Å²) in [6.45, 7) is 4.28. The lowest BCUT2D eigenvalue weighted by atomic mass is 10.5. The molecule has 0 spiro atoms. The van der Waals surface area contributed by atoms with Crippen LogP contribution in [0.4, 0.5) is 0 Å². The predicted molar refractivity (Wildman–Crippen MR) is 31.2 cm³/mol. The Balaban J connectivity index is 2.45. The van der Waals surface area contributed by atoms with Crippen molar-refractivity contribution in [3.05, 3.63) is 6.92 Å². The summed E-state index contributed by atoms with van der Waals surface area (Å²) in [6.07, 6.45) is 0.816. The van der Waals surface area contributed by atoms with Gasteiger partial charge < -0.3 is 9.05 Å². The van der Waals surface area contributed by atoms with E-state index in [-0.39, 0.29) is 9.03 Å². The highest BCUT2D eigenvalue weighted by Gasteiger charge is 1.78. The highest BCUT2D eigenvalue weighted by atomic mass is 31.1. The van der Waals surface area contributed by atoms with Crippen LogP contribution in [0.15, 0.2) is 0 Å². The van der Waals surface area contributed by atoms with Crippen LogP contribution in [-0.4, -0.2) is 13.7 Å². The van der Waals surface area contributed by atoms with E-state index in [1.807, 2.05) is 0 Å². The Kier molecular flexibility index (Phi) is 6.67. The fraction of sp³-hybridized carbons (Fsp3) is 0.750. The molecular formula is C4H10O2P. The zero-order chi connectivity index (χ0) is 5.54. The standard InChI is InChI=1S/C4H10O2P/c1-3-4-6-7-5-2/h7H,1,3-4H2,2H3. The van der Waals surface area contributed by atoms with Gasteiger partial charge in [0.2, 0.25) is 0 Å². The van der Waals surface area contributed by atoms with E-state index in [4.69, 9.17) is 4.52 Å². The molecule has 0 aromatic rings. The molecule has 3 heteroatoms. The lowest BCUT2D eigenvalue weighted by Crippen LogP contribution is -1.79. The minimum Gasteiger partial charge on any atom is -0.340 e. The van der Waals surface area contributed by atoms with Gasteiger partial charge in [-0.3, -0.25) is 0 Å². The summed E-state index contributed by atoms with van der Waals surface area (Å²) in [4.78, 5) is 0. The molecule has 1 unspecified atom stereocenters. The zero-order valence-corrected chi connectivity index (χ0v) is 5.44. The molecule has 1 radical (unpaired) electrons. The quantitative estimate of drug-likeness (QED) is 0.413. The first-order valence-corrected chi connectivity index (χ1v) is 2.92. The van der Waals surface area contributed by atoms with E-state index >= 15 is 0 Å². The molecule has 0 amide bonds. The molecule has 7 heavy (non-hydrogen) atoms. The summed E-state index contributed by atoms with van der Waals surface area (Å²) in [5, 5.41) is 0. The monoisotopic (exact) mass is 121 g/mol. The van der Waals surface area contributed by atoms with Gasteiger partial charge in [0.1, 0.15) is 0 Å². The average molecular weight is 121 g/mol. The van der Waals surface area contributed by atoms with E-state index in [1.165, 1.54) is 0 Å². The maximum atomic E-state index is 4.88. The molecule has 0 fully saturated rings. The molecule has 0 saturated carbocycles. The molecule has 0 heterocycles. The van der Waals surface area contributed by atoms with Gasteiger partial charge in [0.15, 0.2) is 9.03 Å². The molecule has 0 aliphatic heterocycles. The maximum absolute atomic E-state index is 4.88. The van der Waals surface area contributed by atoms with Gasteiger partial charge in [0, 0.05) is 7.11 Å². The number of rotatable bonds is 4. The van der Waals surface area contributed by atoms with Gasteiger partial charge in [0.05, 0.1) is 6.61 Å². The van der Waals surface area contributed by atoms with Gasteiger partial charge in [0.25, 0.3) is 0 Å². The van der Waals surface area contributed by atoms with Crippen LogP contribution in [0.5, 0.6) is 0 Å². The van der Waals surface area contributed by atoms with Crippen molar-refractivity contribution in [2.45, 2.75) is 6.42 Å². The second-order valence-corrected chi connectivity index (χ2v) is 1.85. The first kappa shape index (κ1) is 7.35. The normalized spacial score (nSPS) is 11.1. The topological polar surface area (TPSA) is 18.5 Å². The average Bonchev–Trinajstić information content (AvgIpc) is 1.69. The molecular weight excluding hydrogens is 111 g/mol. The molecule has 0 aliphatic rings. The summed E-state index contributed by atoms with van der Waals surface area (Å²) in [6, 6.07) is 0. The van der Waals surface area contributed by atoms with Gasteiger partial charge in [-0.2, -0.15) is 0 Å². The van der Waals surface area contributed by atoms with Crippen molar-refractivity contribution in [1.29, 1.82) is 0 Å². The fourth-order valence-corrected chi connectivity index (χ4v) is 0.518. The van der Waals surface area contributed by atoms with Crippen LogP contribution >= 0.6 is 9.03 Å². The van der Waals surface area contributed by atoms with Crippen LogP contribution in [0.3, 0.4) is 0 Å². The second-order valence-electron chi connectivity index (χ2n) is 0.989. The van der Waals surface area contributed by atoms with E-state index in [1.54, 1.807) is 7.11 Å². The smallest absolute Gasteiger partial charge is 0.154 e. The highest BCUT2D eigenvalue weighted by Crippen LogP contribution is 2.09. The van der Waals surface area contributed by atoms with Gasteiger partial charge in [-0.05, 0) is 6.42 Å². The van der Waals surface area contributed by atoms with Crippen LogP contribution in [0, 0.1) is 6.92 Å². The highest BCUT2D eigenvalue weighted by molar-refractivity contribution is 7.26. The Morgan fingerprint density at radius 3 is 2.86 bits per heavy atom. The Morgan fingerprint density at radius 1 is 1.71 bits per heavy atom. The van der Waals surface area contributed by atoms with E-state index in [0.717, 1.165) is 6.42 Å². The van der Waals surface area contributed by atoms with Crippen molar-refractivity contribution in [1.82, 2.24) is 0 Å². The van der Waals surface area contributed by atoms with Crippen molar-refractivity contribution >= 4 is 9.03 Å². The van der Waals surface area contributed by atoms with E-state index in [0.29, 0.717) is 6.61 Å². The van der Waals surface area contributed by atoms with E-state index in [2.05, 4.69) is 11.4 Å². The lowest BCUT2D eigenvalue weighted by Gasteiger charge is -1.95. The van der Waals surface area contributed by atoms with Gasteiger partial charge >= 0.3 is 0 Å². The molecule has 0 bridgehead atoms. The molecule has 1 atom stereocenters. The van der Waals surface area contributed by atoms with Crippen LogP contribution in [-0.2, 0) is 9.05 Å². The Labute approximate surface area is 46.1 Å². The molecule has 0 rings (SSSR count). The molecule has 0 aromatic carbocycles. The van der Waals surface area contributed by atoms with Gasteiger partial charge in [-0.15, -0.1) is 0 Å². The van der Waals surface area contributed by atoms with Crippen LogP contribution in [0.1, 0.15) is 6.42 Å². The summed E-state index contributed by atoms with van der Waals surface area (Å²) in [5.74, 6) is 0. The molecule has 2 nitrogen and oxygen atoms in total. The van der Waals surface area contributed by atoms with E-state index in [9.17, 15) is 0 Å². The summed E-state index contributed by atoms with van der Waals surface area (Å²) in [7, 11) is 1.79. The summed E-state index contributed by atoms with van der Waals surface area (Å²) in [5.41, 5.74) is 0. The summed E-state index contributed by atoms with van der Waals surface area (Å²) < 4.78 is 9.50. The fourth-order valence-electron chi connectivity index (χ4n) is 0.173. The van der Waals surface area contributed by atoms with E-state index < -0.39 is 0 Å². The lowest BCUT2D eigenvalue weighted by molar-refractivity contribution is 0.306. The van der Waals surface area contributed by atoms with Crippen molar-refractivity contribution in [2.24, 2.45) is 0 Å². The largest absolute Gasteiger partial charge is 0.340 e. The molecule has 0 saturated heterocycles. The zero-order valence-electron chi connectivity index (χ0n) is 4.44. The Hall–Kier alpha value is 0.350. The van der Waals surface area contributed by atoms with Crippen LogP contribution < -0.4 is 0 Å². The minimum absolute atomic E-state index is 0.182. The van der Waals surface area contributed by atoms with Crippen molar-refractivity contribution < 1.29 is 9.05 Å². The first-order valence-electron chi connectivity index (χ1n) is 2.11. The van der Waals surface area contributed by atoms with Crippen LogP contribution in [0.2, 0.25) is 0 Å². The maximum Gasteiger partial charge on any atom is 0.154 e. The molecule has 0 N–H and O–H groups in total. The number of hydrogen-bond acceptors (Lipinski definition) is 2. The second kappa shape index (κ2) is 6.35. The summed E-state index contributed by atoms with van der Waals surface area (Å²) >= 11 is 0. The molecule has 43 valence electrons. The van der Waals surface area contributed by atoms with Gasteiger partial charge in [-0.1, -0.05) is 6.92 Å². The number of hydrogen-bond donors (Lipinski definition) is 0. The third kappa shape index (κ3) is 6.35. The third-order valence-corrected chi connectivity index (χ3v) is 0.877. The Morgan fingerprint density at radius 2 is 2.43 bits per heavy atom. The van der Waals surface area contributed by atoms with Gasteiger partial charge in [-0.25, -0.2) is 0 Å². The van der Waals surface area contributed by atoms with Crippen LogP contribution in [0.25, 0.3) is 0 Å². The van der Waals surface area contributed by atoms with Crippen molar-refractivity contribution in [2.75, 3.05) is 13.7 Å². The third-order valence-electron chi connectivity index (χ3n) is 0.389. The minimum atomic E-state index is 0.182. The first-order chi connectivity index (χ1) is 3.41.